The highest BCUT2D eigenvalue weighted by Crippen LogP contribution is 2.10. The van der Waals surface area contributed by atoms with Crippen LogP contribution in [0.15, 0.2) is 29.3 Å². The zero-order chi connectivity index (χ0) is 17.1. The molecule has 1 rings (SSSR count). The lowest BCUT2D eigenvalue weighted by molar-refractivity contribution is 0.268. The summed E-state index contributed by atoms with van der Waals surface area (Å²) in [5.41, 5.74) is 1.16. The summed E-state index contributed by atoms with van der Waals surface area (Å²) in [5.74, 6) is 0.875. The first-order valence-electron chi connectivity index (χ1n) is 8.49. The lowest BCUT2D eigenvalue weighted by atomic mass is 10.2. The Balaban J connectivity index is 2.33. The van der Waals surface area contributed by atoms with E-state index in [1.165, 1.54) is 6.42 Å². The smallest absolute Gasteiger partial charge is 0.191 e. The van der Waals surface area contributed by atoms with Crippen LogP contribution in [0.1, 0.15) is 39.2 Å². The van der Waals surface area contributed by atoms with Crippen LogP contribution in [0.25, 0.3) is 0 Å². The molecule has 23 heavy (non-hydrogen) atoms. The summed E-state index contributed by atoms with van der Waals surface area (Å²) >= 11 is 5.90. The van der Waals surface area contributed by atoms with Crippen LogP contribution < -0.4 is 10.6 Å². The number of nitrogens with one attached hydrogen (secondary N) is 2. The van der Waals surface area contributed by atoms with Crippen LogP contribution in [0.2, 0.25) is 5.02 Å². The van der Waals surface area contributed by atoms with E-state index in [1.807, 2.05) is 24.3 Å². The lowest BCUT2D eigenvalue weighted by Crippen LogP contribution is -2.38. The molecule has 2 N–H and O–H groups in total. The molecule has 0 saturated heterocycles. The number of unbranched alkanes of at least 4 members (excludes halogenated alkanes) is 1. The summed E-state index contributed by atoms with van der Waals surface area (Å²) in [6.45, 7) is 10.1. The molecule has 4 nitrogen and oxygen atoms in total. The fourth-order valence-corrected chi connectivity index (χ4v) is 2.18. The Labute approximate surface area is 146 Å². The number of benzene rings is 1. The first-order chi connectivity index (χ1) is 11.0. The monoisotopic (exact) mass is 338 g/mol. The molecule has 0 spiro atoms. The van der Waals surface area contributed by atoms with E-state index in [1.54, 1.807) is 0 Å². The second kappa shape index (κ2) is 11.3. The summed E-state index contributed by atoms with van der Waals surface area (Å²) in [6.07, 6.45) is 2.33. The maximum Gasteiger partial charge on any atom is 0.191 e. The first kappa shape index (κ1) is 19.8. The molecular formula is C18H31ClN4. The van der Waals surface area contributed by atoms with Gasteiger partial charge in [0.1, 0.15) is 0 Å². The number of rotatable bonds is 9. The van der Waals surface area contributed by atoms with Crippen molar-refractivity contribution in [3.8, 4) is 0 Å². The van der Waals surface area contributed by atoms with Gasteiger partial charge in [0.05, 0.1) is 6.54 Å². The summed E-state index contributed by atoms with van der Waals surface area (Å²) in [5, 5.41) is 7.44. The van der Waals surface area contributed by atoms with Crippen LogP contribution in [0, 0.1) is 0 Å². The van der Waals surface area contributed by atoms with E-state index in [2.05, 4.69) is 48.3 Å². The molecule has 0 unspecified atom stereocenters. The van der Waals surface area contributed by atoms with Gasteiger partial charge in [-0.25, -0.2) is 4.99 Å². The van der Waals surface area contributed by atoms with Gasteiger partial charge in [0.15, 0.2) is 5.96 Å². The van der Waals surface area contributed by atoms with E-state index in [-0.39, 0.29) is 0 Å². The first-order valence-corrected chi connectivity index (χ1v) is 8.87. The third-order valence-electron chi connectivity index (χ3n) is 3.79. The molecule has 0 aliphatic carbocycles. The minimum absolute atomic E-state index is 0.612. The van der Waals surface area contributed by atoms with Crippen molar-refractivity contribution in [2.45, 2.75) is 46.2 Å². The third-order valence-corrected chi connectivity index (χ3v) is 4.04. The van der Waals surface area contributed by atoms with Crippen molar-refractivity contribution in [2.75, 3.05) is 26.7 Å². The van der Waals surface area contributed by atoms with Crippen molar-refractivity contribution in [2.24, 2.45) is 4.99 Å². The Hall–Kier alpha value is -1.26. The molecule has 0 aromatic heterocycles. The maximum atomic E-state index is 5.90. The summed E-state index contributed by atoms with van der Waals surface area (Å²) in [7, 11) is 2.18. The summed E-state index contributed by atoms with van der Waals surface area (Å²) < 4.78 is 0. The van der Waals surface area contributed by atoms with Gasteiger partial charge in [-0.1, -0.05) is 23.7 Å². The van der Waals surface area contributed by atoms with Crippen LogP contribution in [0.4, 0.5) is 0 Å². The highest BCUT2D eigenvalue weighted by atomic mass is 35.5. The molecule has 130 valence electrons. The predicted octanol–water partition coefficient (Wildman–Crippen LogP) is 3.52. The van der Waals surface area contributed by atoms with Gasteiger partial charge in [-0.05, 0) is 64.9 Å². The molecule has 0 aliphatic rings. The lowest BCUT2D eigenvalue weighted by Gasteiger charge is -2.20. The molecule has 5 heteroatoms. The molecule has 0 amide bonds. The van der Waals surface area contributed by atoms with Crippen LogP contribution in [0.5, 0.6) is 0 Å². The van der Waals surface area contributed by atoms with Gasteiger partial charge in [-0.3, -0.25) is 0 Å². The second-order valence-corrected chi connectivity index (χ2v) is 6.47. The van der Waals surface area contributed by atoms with Gasteiger partial charge in [0, 0.05) is 24.2 Å². The minimum atomic E-state index is 0.612. The quantitative estimate of drug-likeness (QED) is 0.411. The van der Waals surface area contributed by atoms with Gasteiger partial charge in [0.2, 0.25) is 0 Å². The Morgan fingerprint density at radius 3 is 2.48 bits per heavy atom. The number of aliphatic imine (C=N–C) groups is 1. The zero-order valence-electron chi connectivity index (χ0n) is 14.9. The number of guanidine groups is 1. The second-order valence-electron chi connectivity index (χ2n) is 6.03. The molecule has 0 fully saturated rings. The summed E-state index contributed by atoms with van der Waals surface area (Å²) in [4.78, 5) is 6.99. The maximum absolute atomic E-state index is 5.90. The minimum Gasteiger partial charge on any atom is -0.357 e. The van der Waals surface area contributed by atoms with E-state index in [0.29, 0.717) is 12.6 Å². The van der Waals surface area contributed by atoms with Gasteiger partial charge in [-0.2, -0.15) is 0 Å². The van der Waals surface area contributed by atoms with E-state index in [0.717, 1.165) is 42.6 Å². The molecule has 0 heterocycles. The van der Waals surface area contributed by atoms with Crippen molar-refractivity contribution in [3.05, 3.63) is 34.9 Å². The fraction of sp³-hybridized carbons (Fsp3) is 0.611. The van der Waals surface area contributed by atoms with Crippen LogP contribution in [-0.2, 0) is 6.54 Å². The molecule has 0 aliphatic heterocycles. The molecule has 0 saturated carbocycles. The average molecular weight is 339 g/mol. The van der Waals surface area contributed by atoms with Crippen LogP contribution in [-0.4, -0.2) is 43.6 Å². The van der Waals surface area contributed by atoms with Crippen molar-refractivity contribution < 1.29 is 0 Å². The van der Waals surface area contributed by atoms with E-state index in [9.17, 15) is 0 Å². The average Bonchev–Trinajstić information content (AvgIpc) is 2.53. The largest absolute Gasteiger partial charge is 0.357 e. The Morgan fingerprint density at radius 1 is 1.17 bits per heavy atom. The molecule has 0 atom stereocenters. The highest BCUT2D eigenvalue weighted by Gasteiger charge is 2.02. The molecule has 0 bridgehead atoms. The van der Waals surface area contributed by atoms with Gasteiger partial charge in [0.25, 0.3) is 0 Å². The molecule has 1 aromatic carbocycles. The Bertz CT molecular complexity index is 457. The Kier molecular flexibility index (Phi) is 9.72. The van der Waals surface area contributed by atoms with Crippen molar-refractivity contribution in [1.29, 1.82) is 0 Å². The SMILES string of the molecule is CCNC(=NCc1ccc(Cl)cc1)NCCCCN(C)C(C)C. The van der Waals surface area contributed by atoms with Crippen molar-refractivity contribution >= 4 is 17.6 Å². The number of nitrogens with zero attached hydrogens (tertiary/aromatic N) is 2. The van der Waals surface area contributed by atoms with E-state index >= 15 is 0 Å². The van der Waals surface area contributed by atoms with Crippen molar-refractivity contribution in [3.63, 3.8) is 0 Å². The summed E-state index contributed by atoms with van der Waals surface area (Å²) in [6, 6.07) is 8.44. The third kappa shape index (κ3) is 8.82. The predicted molar refractivity (Wildman–Crippen MR) is 101 cm³/mol. The number of halogens is 1. The molecular weight excluding hydrogens is 308 g/mol. The van der Waals surface area contributed by atoms with Crippen LogP contribution in [0.3, 0.4) is 0 Å². The fourth-order valence-electron chi connectivity index (χ4n) is 2.05. The van der Waals surface area contributed by atoms with Crippen molar-refractivity contribution in [1.82, 2.24) is 15.5 Å². The van der Waals surface area contributed by atoms with E-state index < -0.39 is 0 Å². The zero-order valence-corrected chi connectivity index (χ0v) is 15.7. The van der Waals surface area contributed by atoms with Gasteiger partial charge < -0.3 is 15.5 Å². The van der Waals surface area contributed by atoms with Gasteiger partial charge in [-0.15, -0.1) is 0 Å². The molecule has 1 aromatic rings. The number of hydrogen-bond donors (Lipinski definition) is 2. The topological polar surface area (TPSA) is 39.7 Å². The Morgan fingerprint density at radius 2 is 1.87 bits per heavy atom. The van der Waals surface area contributed by atoms with E-state index in [4.69, 9.17) is 11.6 Å². The standard InChI is InChI=1S/C18H31ClN4/c1-5-20-18(21-12-6-7-13-23(4)15(2)3)22-14-16-8-10-17(19)11-9-16/h8-11,15H,5-7,12-14H2,1-4H3,(H2,20,21,22). The normalized spacial score (nSPS) is 12.0. The molecule has 0 radical (unpaired) electrons. The van der Waals surface area contributed by atoms with Gasteiger partial charge >= 0.3 is 0 Å². The van der Waals surface area contributed by atoms with Crippen LogP contribution >= 0.6 is 11.6 Å². The number of hydrogen-bond acceptors (Lipinski definition) is 2. The highest BCUT2D eigenvalue weighted by molar-refractivity contribution is 6.30.